The van der Waals surface area contributed by atoms with Crippen LogP contribution in [0.3, 0.4) is 0 Å². The van der Waals surface area contributed by atoms with E-state index >= 15 is 0 Å². The Morgan fingerprint density at radius 2 is 1.58 bits per heavy atom. The number of para-hydroxylation sites is 1. The lowest BCUT2D eigenvalue weighted by Crippen LogP contribution is -2.27. The average Bonchev–Trinajstić information content (AvgIpc) is 3.38. The van der Waals surface area contributed by atoms with Gasteiger partial charge in [0.25, 0.3) is 5.91 Å². The van der Waals surface area contributed by atoms with E-state index < -0.39 is 11.3 Å². The lowest BCUT2D eigenvalue weighted by molar-refractivity contribution is 0.0746. The Morgan fingerprint density at radius 3 is 2.32 bits per heavy atom. The predicted molar refractivity (Wildman–Crippen MR) is 146 cm³/mol. The van der Waals surface area contributed by atoms with Crippen molar-refractivity contribution in [1.82, 2.24) is 5.01 Å². The molecule has 4 aromatic rings. The number of nitrogens with two attached hydrogens (primary N) is 1. The maximum Gasteiger partial charge on any atom is 0.275 e. The van der Waals surface area contributed by atoms with Gasteiger partial charge in [-0.3, -0.25) is 9.59 Å². The number of hydrogen-bond donors (Lipinski definition) is 1. The van der Waals surface area contributed by atoms with Gasteiger partial charge in [-0.25, -0.2) is 9.40 Å². The Bertz CT molecular complexity index is 1540. The molecule has 0 saturated carbocycles. The van der Waals surface area contributed by atoms with Gasteiger partial charge >= 0.3 is 0 Å². The molecule has 1 atom stereocenters. The van der Waals surface area contributed by atoms with Gasteiger partial charge < -0.3 is 10.5 Å². The summed E-state index contributed by atoms with van der Waals surface area (Å²) in [6.45, 7) is 1.99. The largest absolute Gasteiger partial charge is 0.488 e. The maximum absolute atomic E-state index is 13.7. The first-order chi connectivity index (χ1) is 18.4. The van der Waals surface area contributed by atoms with Gasteiger partial charge in [-0.1, -0.05) is 66.4 Å². The summed E-state index contributed by atoms with van der Waals surface area (Å²) in [7, 11) is 0. The zero-order chi connectivity index (χ0) is 26.6. The Balaban J connectivity index is 1.51. The number of nitrogens with zero attached hydrogens (tertiary/aromatic N) is 2. The van der Waals surface area contributed by atoms with Crippen LogP contribution in [0.2, 0.25) is 0 Å². The molecule has 1 heterocycles. The van der Waals surface area contributed by atoms with Crippen molar-refractivity contribution in [3.05, 3.63) is 136 Å². The van der Waals surface area contributed by atoms with Crippen molar-refractivity contribution in [3.63, 3.8) is 0 Å². The topological polar surface area (TPSA) is 85.0 Å². The van der Waals surface area contributed by atoms with Gasteiger partial charge in [-0.15, -0.1) is 0 Å². The van der Waals surface area contributed by atoms with Crippen molar-refractivity contribution in [2.24, 2.45) is 10.8 Å². The van der Waals surface area contributed by atoms with Crippen LogP contribution in [0.4, 0.5) is 4.39 Å². The number of thioether (sulfide) groups is 1. The van der Waals surface area contributed by atoms with Crippen molar-refractivity contribution < 1.29 is 18.7 Å². The third kappa shape index (κ3) is 5.17. The molecule has 190 valence electrons. The molecule has 4 aromatic carbocycles. The van der Waals surface area contributed by atoms with Crippen molar-refractivity contribution in [3.8, 4) is 5.75 Å². The first kappa shape index (κ1) is 25.2. The smallest absolute Gasteiger partial charge is 0.275 e. The second kappa shape index (κ2) is 10.9. The quantitative estimate of drug-likeness (QED) is 0.318. The van der Waals surface area contributed by atoms with E-state index in [1.54, 1.807) is 36.4 Å². The number of carbonyl (C=O) groups excluding carboxylic acids is 2. The van der Waals surface area contributed by atoms with E-state index in [4.69, 9.17) is 10.5 Å². The number of aryl methyl sites for hydroxylation is 1. The summed E-state index contributed by atoms with van der Waals surface area (Å²) in [5.41, 5.74) is 9.38. The molecule has 8 heteroatoms. The highest BCUT2D eigenvalue weighted by Crippen LogP contribution is 2.45. The number of carbonyl (C=O) groups is 2. The predicted octanol–water partition coefficient (Wildman–Crippen LogP) is 6.06. The number of hydrazone groups is 1. The molecule has 0 aliphatic carbocycles. The molecule has 1 unspecified atom stereocenters. The minimum Gasteiger partial charge on any atom is -0.488 e. The molecule has 2 amide bonds. The van der Waals surface area contributed by atoms with Gasteiger partial charge in [0.1, 0.15) is 28.6 Å². The summed E-state index contributed by atoms with van der Waals surface area (Å²) >= 11 is 1.38. The SMILES string of the molecule is Cc1ccccc1C(=O)N1N=C(c2ccc(F)cc2)SC1c1ccccc1OCc1ccccc1C(N)=O. The lowest BCUT2D eigenvalue weighted by Gasteiger charge is -2.24. The fourth-order valence-electron chi connectivity index (χ4n) is 4.19. The van der Waals surface area contributed by atoms with Crippen LogP contribution in [-0.2, 0) is 6.61 Å². The maximum atomic E-state index is 13.7. The van der Waals surface area contributed by atoms with Crippen LogP contribution in [0.1, 0.15) is 48.3 Å². The molecule has 5 rings (SSSR count). The monoisotopic (exact) mass is 525 g/mol. The number of hydrogen-bond acceptors (Lipinski definition) is 5. The molecule has 0 saturated heterocycles. The zero-order valence-electron chi connectivity index (χ0n) is 20.5. The number of benzene rings is 4. The first-order valence-electron chi connectivity index (χ1n) is 11.9. The Hall–Kier alpha value is -4.43. The van der Waals surface area contributed by atoms with Crippen LogP contribution in [0.5, 0.6) is 5.75 Å². The summed E-state index contributed by atoms with van der Waals surface area (Å²) in [6, 6.07) is 27.8. The van der Waals surface area contributed by atoms with Gasteiger partial charge in [0.2, 0.25) is 5.91 Å². The van der Waals surface area contributed by atoms with Gasteiger partial charge in [-0.05, 0) is 55.0 Å². The molecule has 0 fully saturated rings. The highest BCUT2D eigenvalue weighted by Gasteiger charge is 2.36. The van der Waals surface area contributed by atoms with Crippen LogP contribution in [0.25, 0.3) is 0 Å². The lowest BCUT2D eigenvalue weighted by atomic mass is 10.1. The minimum atomic E-state index is -0.537. The number of amides is 2. The van der Waals surface area contributed by atoms with E-state index in [1.165, 1.54) is 28.9 Å². The zero-order valence-corrected chi connectivity index (χ0v) is 21.3. The Kier molecular flexibility index (Phi) is 7.24. The summed E-state index contributed by atoms with van der Waals surface area (Å²) in [6.07, 6.45) is 0. The van der Waals surface area contributed by atoms with Gasteiger partial charge in [0, 0.05) is 27.8 Å². The minimum absolute atomic E-state index is 0.116. The molecular formula is C30H24FN3O3S. The van der Waals surface area contributed by atoms with Crippen LogP contribution in [-0.4, -0.2) is 21.9 Å². The van der Waals surface area contributed by atoms with E-state index in [1.807, 2.05) is 55.5 Å². The Labute approximate surface area is 223 Å². The summed E-state index contributed by atoms with van der Waals surface area (Å²) in [5, 5.41) is 6.19. The van der Waals surface area contributed by atoms with Crippen molar-refractivity contribution in [1.29, 1.82) is 0 Å². The van der Waals surface area contributed by atoms with Crippen LogP contribution < -0.4 is 10.5 Å². The second-order valence-electron chi connectivity index (χ2n) is 8.69. The number of primary amides is 1. The number of rotatable bonds is 7. The molecule has 6 nitrogen and oxygen atoms in total. The summed E-state index contributed by atoms with van der Waals surface area (Å²) in [4.78, 5) is 25.6. The van der Waals surface area contributed by atoms with Gasteiger partial charge in [0.05, 0.1) is 0 Å². The average molecular weight is 526 g/mol. The molecule has 1 aliphatic rings. The molecule has 1 aliphatic heterocycles. The van der Waals surface area contributed by atoms with Crippen LogP contribution in [0.15, 0.2) is 102 Å². The normalized spacial score (nSPS) is 14.7. The van der Waals surface area contributed by atoms with Crippen molar-refractivity contribution in [2.75, 3.05) is 0 Å². The molecule has 2 N–H and O–H groups in total. The highest BCUT2D eigenvalue weighted by molar-refractivity contribution is 8.14. The highest BCUT2D eigenvalue weighted by atomic mass is 32.2. The van der Waals surface area contributed by atoms with E-state index in [9.17, 15) is 14.0 Å². The number of halogens is 1. The molecule has 0 aromatic heterocycles. The van der Waals surface area contributed by atoms with Crippen molar-refractivity contribution >= 4 is 28.6 Å². The van der Waals surface area contributed by atoms with E-state index in [0.717, 1.165) is 11.1 Å². The fraction of sp³-hybridized carbons (Fsp3) is 0.100. The molecule has 0 bridgehead atoms. The molecule has 0 radical (unpaired) electrons. The van der Waals surface area contributed by atoms with E-state index in [0.29, 0.717) is 33.0 Å². The first-order valence-corrected chi connectivity index (χ1v) is 12.8. The third-order valence-electron chi connectivity index (χ3n) is 6.17. The third-order valence-corrected chi connectivity index (χ3v) is 7.39. The molecule has 0 spiro atoms. The van der Waals surface area contributed by atoms with Crippen LogP contribution in [0, 0.1) is 12.7 Å². The van der Waals surface area contributed by atoms with E-state index in [2.05, 4.69) is 5.10 Å². The fourth-order valence-corrected chi connectivity index (χ4v) is 5.37. The Morgan fingerprint density at radius 1 is 0.921 bits per heavy atom. The standard InChI is InChI=1S/C30H24FN3O3S/c1-19-8-2-4-10-23(19)29(36)34-30(38-28(33-34)20-14-16-22(31)17-15-20)25-12-6-7-13-26(25)37-18-21-9-3-5-11-24(21)27(32)35/h2-17,30H,18H2,1H3,(H2,32,35). The van der Waals surface area contributed by atoms with Crippen LogP contribution >= 0.6 is 11.8 Å². The summed E-state index contributed by atoms with van der Waals surface area (Å²) in [5.74, 6) is -0.595. The van der Waals surface area contributed by atoms with Gasteiger partial charge in [-0.2, -0.15) is 5.10 Å². The van der Waals surface area contributed by atoms with Crippen molar-refractivity contribution in [2.45, 2.75) is 18.9 Å². The van der Waals surface area contributed by atoms with Gasteiger partial charge in [0.15, 0.2) is 0 Å². The molecular weight excluding hydrogens is 501 g/mol. The van der Waals surface area contributed by atoms with E-state index in [-0.39, 0.29) is 18.3 Å². The molecule has 38 heavy (non-hydrogen) atoms. The summed E-state index contributed by atoms with van der Waals surface area (Å²) < 4.78 is 19.8. The second-order valence-corrected chi connectivity index (χ2v) is 9.76. The number of ether oxygens (including phenoxy) is 1.